The first kappa shape index (κ1) is 12.1. The highest BCUT2D eigenvalue weighted by Gasteiger charge is 2.27. The fraction of sp³-hybridized carbons (Fsp3) is 1.00. The average molecular weight is 196 g/mol. The first-order valence-corrected chi connectivity index (χ1v) is 6.54. The summed E-state index contributed by atoms with van der Waals surface area (Å²) in [5, 5.41) is 0. The van der Waals surface area contributed by atoms with Crippen molar-refractivity contribution in [1.82, 2.24) is 0 Å². The van der Waals surface area contributed by atoms with E-state index in [0.717, 1.165) is 29.6 Å². The average Bonchev–Trinajstić information content (AvgIpc) is 2.13. The minimum atomic E-state index is 0.923. The van der Waals surface area contributed by atoms with Gasteiger partial charge >= 0.3 is 0 Å². The molecule has 0 aromatic carbocycles. The minimum Gasteiger partial charge on any atom is -0.0651 e. The van der Waals surface area contributed by atoms with Crippen LogP contribution in [0.25, 0.3) is 0 Å². The Morgan fingerprint density at radius 2 is 1.43 bits per heavy atom. The Balaban J connectivity index is 2.61. The molecule has 0 N–H and O–H groups in total. The van der Waals surface area contributed by atoms with Gasteiger partial charge in [0, 0.05) is 0 Å². The van der Waals surface area contributed by atoms with Crippen molar-refractivity contribution in [2.45, 2.75) is 60.3 Å². The van der Waals surface area contributed by atoms with Crippen molar-refractivity contribution in [3.63, 3.8) is 0 Å². The van der Waals surface area contributed by atoms with Crippen molar-refractivity contribution >= 4 is 0 Å². The van der Waals surface area contributed by atoms with Gasteiger partial charge in [0.05, 0.1) is 0 Å². The van der Waals surface area contributed by atoms with Gasteiger partial charge in [-0.1, -0.05) is 41.0 Å². The van der Waals surface area contributed by atoms with E-state index >= 15 is 0 Å². The van der Waals surface area contributed by atoms with Crippen LogP contribution >= 0.6 is 0 Å². The van der Waals surface area contributed by atoms with Crippen LogP contribution in [0.2, 0.25) is 0 Å². The van der Waals surface area contributed by atoms with Crippen molar-refractivity contribution in [1.29, 1.82) is 0 Å². The lowest BCUT2D eigenvalue weighted by Gasteiger charge is -2.35. The number of rotatable bonds is 1. The van der Waals surface area contributed by atoms with Crippen LogP contribution in [0.1, 0.15) is 60.3 Å². The predicted molar refractivity (Wildman–Crippen MR) is 64.3 cm³/mol. The van der Waals surface area contributed by atoms with Gasteiger partial charge in [0.15, 0.2) is 0 Å². The second kappa shape index (κ2) is 5.19. The van der Waals surface area contributed by atoms with Gasteiger partial charge in [0.2, 0.25) is 0 Å². The predicted octanol–water partition coefficient (Wildman–Crippen LogP) is 4.74. The third kappa shape index (κ3) is 3.00. The fourth-order valence-electron chi connectivity index (χ4n) is 3.25. The lowest BCUT2D eigenvalue weighted by atomic mass is 9.71. The van der Waals surface area contributed by atoms with Crippen LogP contribution in [-0.4, -0.2) is 0 Å². The van der Waals surface area contributed by atoms with Gasteiger partial charge < -0.3 is 0 Å². The van der Waals surface area contributed by atoms with Gasteiger partial charge in [-0.05, 0) is 48.9 Å². The standard InChI is InChI=1S/C14H28/c1-6-14-8-10(2)7-11(3)13(5)12(4)9-14/h10-14H,6-9H2,1-5H3. The second-order valence-corrected chi connectivity index (χ2v) is 5.90. The van der Waals surface area contributed by atoms with E-state index in [1.807, 2.05) is 0 Å². The van der Waals surface area contributed by atoms with Crippen molar-refractivity contribution in [3.8, 4) is 0 Å². The molecule has 1 aliphatic rings. The maximum Gasteiger partial charge on any atom is -0.0391 e. The van der Waals surface area contributed by atoms with Crippen molar-refractivity contribution in [2.24, 2.45) is 29.6 Å². The third-order valence-corrected chi connectivity index (χ3v) is 4.59. The zero-order valence-electron chi connectivity index (χ0n) is 10.7. The first-order chi connectivity index (χ1) is 6.54. The summed E-state index contributed by atoms with van der Waals surface area (Å²) in [4.78, 5) is 0. The molecule has 0 amide bonds. The van der Waals surface area contributed by atoms with E-state index < -0.39 is 0 Å². The second-order valence-electron chi connectivity index (χ2n) is 5.90. The van der Waals surface area contributed by atoms with E-state index in [1.165, 1.54) is 25.7 Å². The Labute approximate surface area is 90.5 Å². The maximum atomic E-state index is 2.46. The zero-order valence-corrected chi connectivity index (χ0v) is 10.7. The van der Waals surface area contributed by atoms with Gasteiger partial charge in [0.25, 0.3) is 0 Å². The van der Waals surface area contributed by atoms with E-state index in [-0.39, 0.29) is 0 Å². The van der Waals surface area contributed by atoms with Crippen LogP contribution in [0.3, 0.4) is 0 Å². The van der Waals surface area contributed by atoms with Crippen LogP contribution in [0, 0.1) is 29.6 Å². The minimum absolute atomic E-state index is 0.923. The molecule has 0 radical (unpaired) electrons. The SMILES string of the molecule is CCC1CC(C)CC(C)C(C)C(C)C1. The summed E-state index contributed by atoms with van der Waals surface area (Å²) in [6.45, 7) is 12.2. The molecule has 5 atom stereocenters. The molecular formula is C14H28. The van der Waals surface area contributed by atoms with Crippen molar-refractivity contribution in [3.05, 3.63) is 0 Å². The van der Waals surface area contributed by atoms with Gasteiger partial charge in [-0.25, -0.2) is 0 Å². The molecule has 0 spiro atoms. The van der Waals surface area contributed by atoms with E-state index in [1.54, 1.807) is 0 Å². The monoisotopic (exact) mass is 196 g/mol. The first-order valence-electron chi connectivity index (χ1n) is 6.54. The fourth-order valence-corrected chi connectivity index (χ4v) is 3.25. The van der Waals surface area contributed by atoms with E-state index in [4.69, 9.17) is 0 Å². The highest BCUT2D eigenvalue weighted by molar-refractivity contribution is 4.77. The quantitative estimate of drug-likeness (QED) is 0.568. The summed E-state index contributed by atoms with van der Waals surface area (Å²) in [7, 11) is 0. The molecule has 0 nitrogen and oxygen atoms in total. The summed E-state index contributed by atoms with van der Waals surface area (Å²) in [5.41, 5.74) is 0. The Kier molecular flexibility index (Phi) is 4.47. The van der Waals surface area contributed by atoms with Crippen molar-refractivity contribution < 1.29 is 0 Å². The molecule has 1 rings (SSSR count). The Bertz CT molecular complexity index is 159. The zero-order chi connectivity index (χ0) is 10.7. The molecule has 0 aromatic heterocycles. The molecule has 5 unspecified atom stereocenters. The largest absolute Gasteiger partial charge is 0.0651 e. The summed E-state index contributed by atoms with van der Waals surface area (Å²) in [6, 6.07) is 0. The topological polar surface area (TPSA) is 0 Å². The highest BCUT2D eigenvalue weighted by atomic mass is 14.3. The maximum absolute atomic E-state index is 2.46. The summed E-state index contributed by atoms with van der Waals surface area (Å²) < 4.78 is 0. The molecule has 14 heavy (non-hydrogen) atoms. The van der Waals surface area contributed by atoms with Gasteiger partial charge in [-0.2, -0.15) is 0 Å². The highest BCUT2D eigenvalue weighted by Crippen LogP contribution is 2.37. The van der Waals surface area contributed by atoms with E-state index in [9.17, 15) is 0 Å². The number of hydrogen-bond acceptors (Lipinski definition) is 0. The molecule has 0 aliphatic heterocycles. The van der Waals surface area contributed by atoms with Gasteiger partial charge in [-0.15, -0.1) is 0 Å². The Morgan fingerprint density at radius 1 is 0.857 bits per heavy atom. The molecule has 0 heterocycles. The van der Waals surface area contributed by atoms with E-state index in [0.29, 0.717) is 0 Å². The van der Waals surface area contributed by atoms with Crippen LogP contribution < -0.4 is 0 Å². The smallest absolute Gasteiger partial charge is 0.0391 e. The molecular weight excluding hydrogens is 168 g/mol. The molecule has 0 heteroatoms. The summed E-state index contributed by atoms with van der Waals surface area (Å²) >= 11 is 0. The van der Waals surface area contributed by atoms with Crippen LogP contribution in [0.15, 0.2) is 0 Å². The normalized spacial score (nSPS) is 45.6. The molecule has 84 valence electrons. The molecule has 1 saturated carbocycles. The lowest BCUT2D eigenvalue weighted by molar-refractivity contribution is 0.157. The van der Waals surface area contributed by atoms with Crippen LogP contribution in [0.5, 0.6) is 0 Å². The summed E-state index contributed by atoms with van der Waals surface area (Å²) in [5.74, 6) is 4.73. The third-order valence-electron chi connectivity index (χ3n) is 4.59. The Morgan fingerprint density at radius 3 is 2.00 bits per heavy atom. The van der Waals surface area contributed by atoms with Gasteiger partial charge in [0.1, 0.15) is 0 Å². The number of hydrogen-bond donors (Lipinski definition) is 0. The molecule has 0 saturated heterocycles. The van der Waals surface area contributed by atoms with E-state index in [2.05, 4.69) is 34.6 Å². The van der Waals surface area contributed by atoms with Crippen molar-refractivity contribution in [2.75, 3.05) is 0 Å². The molecule has 1 fully saturated rings. The lowest BCUT2D eigenvalue weighted by Crippen LogP contribution is -2.25. The van der Waals surface area contributed by atoms with Crippen LogP contribution in [-0.2, 0) is 0 Å². The van der Waals surface area contributed by atoms with Gasteiger partial charge in [-0.3, -0.25) is 0 Å². The summed E-state index contributed by atoms with van der Waals surface area (Å²) in [6.07, 6.45) is 5.77. The molecule has 1 aliphatic carbocycles. The molecule has 0 bridgehead atoms. The Hall–Kier alpha value is 0. The molecule has 0 aromatic rings. The van der Waals surface area contributed by atoms with Crippen LogP contribution in [0.4, 0.5) is 0 Å².